The van der Waals surface area contributed by atoms with Crippen LogP contribution in [0.25, 0.3) is 11.1 Å². The van der Waals surface area contributed by atoms with E-state index in [0.717, 1.165) is 42.4 Å². The second-order valence-corrected chi connectivity index (χ2v) is 13.7. The molecule has 6 nitrogen and oxygen atoms in total. The summed E-state index contributed by atoms with van der Waals surface area (Å²) in [6.45, 7) is 6.29. The molecule has 226 valence electrons. The summed E-state index contributed by atoms with van der Waals surface area (Å²) in [6, 6.07) is 18.0. The molecule has 2 aromatic carbocycles. The molecule has 5 aliphatic rings. The van der Waals surface area contributed by atoms with Gasteiger partial charge in [0.05, 0.1) is 12.2 Å². The van der Waals surface area contributed by atoms with E-state index in [1.54, 1.807) is 12.2 Å². The predicted octanol–water partition coefficient (Wildman–Crippen LogP) is 6.47. The lowest BCUT2D eigenvalue weighted by molar-refractivity contribution is -0.200. The van der Waals surface area contributed by atoms with Crippen molar-refractivity contribution in [3.8, 4) is 16.9 Å². The maximum absolute atomic E-state index is 14.4. The Morgan fingerprint density at radius 3 is 2.56 bits per heavy atom. The number of allylic oxidation sites excluding steroid dienone is 4. The number of carbonyl (C=O) groups is 2. The fraction of sp³-hybridized carbons (Fsp3) is 0.514. The first-order valence-electron chi connectivity index (χ1n) is 16.0. The average Bonchev–Trinajstić information content (AvgIpc) is 3.49. The fourth-order valence-electron chi connectivity index (χ4n) is 9.64. The van der Waals surface area contributed by atoms with Crippen LogP contribution in [0.1, 0.15) is 59.3 Å². The molecule has 9 atom stereocenters. The average molecular weight is 583 g/mol. The molecule has 3 saturated carbocycles. The number of aliphatic hydroxyl groups is 1. The van der Waals surface area contributed by atoms with E-state index in [2.05, 4.69) is 32.9 Å². The fourth-order valence-corrected chi connectivity index (χ4v) is 9.64. The molecule has 0 spiro atoms. The Balaban J connectivity index is 1.17. The predicted molar refractivity (Wildman–Crippen MR) is 163 cm³/mol. The quantitative estimate of drug-likeness (QED) is 0.403. The summed E-state index contributed by atoms with van der Waals surface area (Å²) in [7, 11) is 0. The van der Waals surface area contributed by atoms with Gasteiger partial charge in [0.25, 0.3) is 0 Å². The minimum absolute atomic E-state index is 0.0216. The number of rotatable bonds is 7. The molecule has 2 aromatic rings. The second kappa shape index (κ2) is 10.5. The van der Waals surface area contributed by atoms with Gasteiger partial charge in [-0.15, -0.1) is 0 Å². The summed E-state index contributed by atoms with van der Waals surface area (Å²) in [6.07, 6.45) is 8.46. The van der Waals surface area contributed by atoms with Crippen LogP contribution < -0.4 is 4.74 Å². The minimum atomic E-state index is -1.18. The standard InChI is InChI=1S/C37H42O6/c1-4-8-33-42-32-20-29-28-16-13-25-19-26(38)17-18-35(25,2)34(28)30(39)21-36(29,3)37(32,43-33)31(40)22-41-27-14-11-24(12-15-27)23-9-6-5-7-10-23/h5-7,9-12,14-15,17-19,28-30,32-34,39H,4,8,13,16,20-22H2,1-3H3/t28?,29?,30-,32+,33?,34?,35?,36?,37+/m0/s1. The van der Waals surface area contributed by atoms with Crippen LogP contribution in [-0.2, 0) is 19.1 Å². The number of fused-ring (bicyclic) bond motifs is 7. The van der Waals surface area contributed by atoms with E-state index in [0.29, 0.717) is 18.6 Å². The first-order valence-corrected chi connectivity index (χ1v) is 16.0. The molecule has 1 saturated heterocycles. The Morgan fingerprint density at radius 1 is 1.07 bits per heavy atom. The summed E-state index contributed by atoms with van der Waals surface area (Å²) >= 11 is 0. The normalized spacial score (nSPS) is 39.3. The Labute approximate surface area is 254 Å². The third-order valence-corrected chi connectivity index (χ3v) is 11.6. The van der Waals surface area contributed by atoms with Crippen molar-refractivity contribution in [3.05, 3.63) is 78.4 Å². The molecular formula is C37H42O6. The van der Waals surface area contributed by atoms with Gasteiger partial charge in [-0.3, -0.25) is 9.59 Å². The van der Waals surface area contributed by atoms with E-state index in [-0.39, 0.29) is 47.4 Å². The Morgan fingerprint density at radius 2 is 1.81 bits per heavy atom. The number of ether oxygens (including phenoxy) is 3. The van der Waals surface area contributed by atoms with Crippen molar-refractivity contribution < 1.29 is 28.9 Å². The highest BCUT2D eigenvalue weighted by atomic mass is 16.7. The van der Waals surface area contributed by atoms with Crippen LogP contribution in [0.15, 0.2) is 78.4 Å². The Bertz CT molecular complexity index is 1460. The lowest BCUT2D eigenvalue weighted by Gasteiger charge is -2.59. The van der Waals surface area contributed by atoms with E-state index < -0.39 is 23.4 Å². The second-order valence-electron chi connectivity index (χ2n) is 13.7. The molecule has 6 unspecified atom stereocenters. The zero-order valence-corrected chi connectivity index (χ0v) is 25.3. The molecule has 43 heavy (non-hydrogen) atoms. The van der Waals surface area contributed by atoms with Crippen LogP contribution in [0, 0.1) is 28.6 Å². The Hall–Kier alpha value is -3.06. The number of ketones is 2. The van der Waals surface area contributed by atoms with Crippen molar-refractivity contribution in [1.82, 2.24) is 0 Å². The number of benzene rings is 2. The van der Waals surface area contributed by atoms with E-state index >= 15 is 0 Å². The highest BCUT2D eigenvalue weighted by Crippen LogP contribution is 2.69. The molecular weight excluding hydrogens is 540 g/mol. The molecule has 4 aliphatic carbocycles. The van der Waals surface area contributed by atoms with Gasteiger partial charge in [0.1, 0.15) is 12.4 Å². The third-order valence-electron chi connectivity index (χ3n) is 11.6. The molecule has 7 rings (SSSR count). The topological polar surface area (TPSA) is 82.1 Å². The number of hydrogen-bond donors (Lipinski definition) is 1. The van der Waals surface area contributed by atoms with Gasteiger partial charge in [0.2, 0.25) is 5.78 Å². The highest BCUT2D eigenvalue weighted by molar-refractivity contribution is 6.01. The van der Waals surface area contributed by atoms with Crippen LogP contribution in [0.2, 0.25) is 0 Å². The lowest BCUT2D eigenvalue weighted by Crippen LogP contribution is -2.63. The van der Waals surface area contributed by atoms with Crippen molar-refractivity contribution >= 4 is 11.6 Å². The van der Waals surface area contributed by atoms with E-state index in [9.17, 15) is 14.7 Å². The number of aliphatic hydroxyl groups excluding tert-OH is 1. The van der Waals surface area contributed by atoms with E-state index in [1.807, 2.05) is 48.5 Å². The minimum Gasteiger partial charge on any atom is -0.486 e. The lowest BCUT2D eigenvalue weighted by atomic mass is 9.46. The van der Waals surface area contributed by atoms with Gasteiger partial charge in [-0.1, -0.05) is 81.3 Å². The van der Waals surface area contributed by atoms with Gasteiger partial charge < -0.3 is 19.3 Å². The van der Waals surface area contributed by atoms with Gasteiger partial charge in [-0.25, -0.2) is 0 Å². The zero-order chi connectivity index (χ0) is 30.0. The SMILES string of the molecule is CCCC1O[C@@H]2CC3C4CCC5=CC(=O)C=CC5(C)C4[C@@H](O)CC3(C)[C@]2(C(=O)COc2ccc(-c3ccccc3)cc2)O1. The highest BCUT2D eigenvalue weighted by Gasteiger charge is 2.75. The smallest absolute Gasteiger partial charge is 0.205 e. The van der Waals surface area contributed by atoms with Crippen molar-refractivity contribution in [2.75, 3.05) is 6.61 Å². The maximum atomic E-state index is 14.4. The van der Waals surface area contributed by atoms with Crippen LogP contribution in [0.4, 0.5) is 0 Å². The molecule has 4 fully saturated rings. The summed E-state index contributed by atoms with van der Waals surface area (Å²) in [5.41, 5.74) is 1.18. The molecule has 6 heteroatoms. The summed E-state index contributed by atoms with van der Waals surface area (Å²) in [5.74, 6) is 0.863. The largest absolute Gasteiger partial charge is 0.486 e. The first-order chi connectivity index (χ1) is 20.7. The molecule has 0 bridgehead atoms. The maximum Gasteiger partial charge on any atom is 0.205 e. The zero-order valence-electron chi connectivity index (χ0n) is 25.3. The Kier molecular flexibility index (Phi) is 7.03. The van der Waals surface area contributed by atoms with Crippen LogP contribution in [0.3, 0.4) is 0 Å². The molecule has 1 N–H and O–H groups in total. The van der Waals surface area contributed by atoms with Gasteiger partial charge in [0.15, 0.2) is 17.7 Å². The van der Waals surface area contributed by atoms with Gasteiger partial charge in [-0.2, -0.15) is 0 Å². The third kappa shape index (κ3) is 4.32. The van der Waals surface area contributed by atoms with Crippen LogP contribution >= 0.6 is 0 Å². The van der Waals surface area contributed by atoms with Crippen molar-refractivity contribution in [3.63, 3.8) is 0 Å². The number of carbonyl (C=O) groups excluding carboxylic acids is 2. The van der Waals surface area contributed by atoms with E-state index in [1.165, 1.54) is 0 Å². The van der Waals surface area contributed by atoms with Gasteiger partial charge in [-0.05, 0) is 79.4 Å². The van der Waals surface area contributed by atoms with Crippen molar-refractivity contribution in [1.29, 1.82) is 0 Å². The van der Waals surface area contributed by atoms with E-state index in [4.69, 9.17) is 14.2 Å². The number of Topliss-reactive ketones (excluding diaryl/α,β-unsaturated/α-hetero) is 1. The monoisotopic (exact) mass is 582 g/mol. The summed E-state index contributed by atoms with van der Waals surface area (Å²) in [4.78, 5) is 26.7. The molecule has 0 radical (unpaired) electrons. The first kappa shape index (κ1) is 28.7. The van der Waals surface area contributed by atoms with Gasteiger partial charge in [0, 0.05) is 16.7 Å². The van der Waals surface area contributed by atoms with Crippen molar-refractivity contribution in [2.24, 2.45) is 28.6 Å². The summed E-state index contributed by atoms with van der Waals surface area (Å²) in [5, 5.41) is 11.9. The van der Waals surface area contributed by atoms with Gasteiger partial charge >= 0.3 is 0 Å². The van der Waals surface area contributed by atoms with Crippen LogP contribution in [-0.4, -0.2) is 47.4 Å². The molecule has 1 aliphatic heterocycles. The molecule has 1 heterocycles. The van der Waals surface area contributed by atoms with Crippen LogP contribution in [0.5, 0.6) is 5.75 Å². The number of hydrogen-bond acceptors (Lipinski definition) is 6. The molecule has 0 amide bonds. The molecule has 0 aromatic heterocycles. The van der Waals surface area contributed by atoms with Crippen molar-refractivity contribution in [2.45, 2.75) is 83.4 Å². The summed E-state index contributed by atoms with van der Waals surface area (Å²) < 4.78 is 19.4.